The summed E-state index contributed by atoms with van der Waals surface area (Å²) in [7, 11) is 2.49. The van der Waals surface area contributed by atoms with E-state index in [1.807, 2.05) is 0 Å². The normalized spacial score (nSPS) is 10.7. The van der Waals surface area contributed by atoms with E-state index in [2.05, 4.69) is 14.8 Å². The highest BCUT2D eigenvalue weighted by atomic mass is 16.5. The number of carbonyl (C=O) groups excluding carboxylic acids is 2. The van der Waals surface area contributed by atoms with Gasteiger partial charge in [-0.25, -0.2) is 4.79 Å². The lowest BCUT2D eigenvalue weighted by molar-refractivity contribution is -0.139. The van der Waals surface area contributed by atoms with Crippen molar-refractivity contribution < 1.29 is 24.2 Å². The Hall–Kier alpha value is -1.56. The van der Waals surface area contributed by atoms with E-state index in [1.165, 1.54) is 14.2 Å². The largest absolute Gasteiger partial charge is 0.469 e. The molecule has 0 aromatic heterocycles. The van der Waals surface area contributed by atoms with Crippen LogP contribution < -0.4 is 5.32 Å². The van der Waals surface area contributed by atoms with Crippen LogP contribution in [0.1, 0.15) is 6.42 Å². The highest BCUT2D eigenvalue weighted by Gasteiger charge is 2.07. The Morgan fingerprint density at radius 1 is 1.33 bits per heavy atom. The average Bonchev–Trinajstić information content (AvgIpc) is 2.25. The predicted molar refractivity (Wildman–Crippen MR) is 51.8 cm³/mol. The molecule has 0 aliphatic heterocycles. The summed E-state index contributed by atoms with van der Waals surface area (Å²) in [6.07, 6.45) is 1.08. The van der Waals surface area contributed by atoms with Crippen LogP contribution in [0.15, 0.2) is 11.8 Å². The maximum atomic E-state index is 10.9. The quantitative estimate of drug-likeness (QED) is 0.447. The van der Waals surface area contributed by atoms with Gasteiger partial charge in [-0.05, 0) is 0 Å². The molecule has 0 aromatic carbocycles. The second-order valence-electron chi connectivity index (χ2n) is 2.60. The fourth-order valence-corrected chi connectivity index (χ4v) is 0.810. The second-order valence-corrected chi connectivity index (χ2v) is 2.60. The summed E-state index contributed by atoms with van der Waals surface area (Å²) >= 11 is 0. The molecule has 0 atom stereocenters. The van der Waals surface area contributed by atoms with E-state index in [0.29, 0.717) is 5.70 Å². The first kappa shape index (κ1) is 13.4. The maximum Gasteiger partial charge on any atom is 0.332 e. The van der Waals surface area contributed by atoms with Crippen molar-refractivity contribution in [3.63, 3.8) is 0 Å². The van der Waals surface area contributed by atoms with E-state index in [-0.39, 0.29) is 19.6 Å². The van der Waals surface area contributed by atoms with E-state index in [0.717, 1.165) is 6.08 Å². The third-order valence-corrected chi connectivity index (χ3v) is 1.52. The Bertz CT molecular complexity index is 249. The van der Waals surface area contributed by atoms with Crippen LogP contribution >= 0.6 is 0 Å². The van der Waals surface area contributed by atoms with Crippen LogP contribution in [0.25, 0.3) is 0 Å². The number of esters is 2. The number of aliphatic hydroxyl groups is 1. The summed E-state index contributed by atoms with van der Waals surface area (Å²) in [5.74, 6) is -1.05. The van der Waals surface area contributed by atoms with Crippen molar-refractivity contribution in [1.82, 2.24) is 5.32 Å². The standard InChI is InChI=1S/C9H15NO5/c1-14-8(12)5-7(10-3-4-11)6-9(13)15-2/h5,10-11H,3-4,6H2,1-2H3/b7-5-. The topological polar surface area (TPSA) is 84.9 Å². The zero-order valence-corrected chi connectivity index (χ0v) is 8.78. The van der Waals surface area contributed by atoms with Crippen molar-refractivity contribution in [2.45, 2.75) is 6.42 Å². The van der Waals surface area contributed by atoms with Gasteiger partial charge in [-0.1, -0.05) is 0 Å². The van der Waals surface area contributed by atoms with Gasteiger partial charge in [0.05, 0.1) is 27.2 Å². The molecule has 0 spiro atoms. The fraction of sp³-hybridized carbons (Fsp3) is 0.556. The fourth-order valence-electron chi connectivity index (χ4n) is 0.810. The number of hydrogen-bond acceptors (Lipinski definition) is 6. The minimum Gasteiger partial charge on any atom is -0.469 e. The first-order valence-electron chi connectivity index (χ1n) is 4.34. The Morgan fingerprint density at radius 3 is 2.47 bits per heavy atom. The first-order chi connectivity index (χ1) is 7.13. The second kappa shape index (κ2) is 7.81. The van der Waals surface area contributed by atoms with Crippen LogP contribution in [0.4, 0.5) is 0 Å². The lowest BCUT2D eigenvalue weighted by Crippen LogP contribution is -2.21. The molecule has 6 nitrogen and oxygen atoms in total. The number of rotatable bonds is 6. The lowest BCUT2D eigenvalue weighted by Gasteiger charge is -2.08. The zero-order chi connectivity index (χ0) is 11.7. The van der Waals surface area contributed by atoms with Crippen molar-refractivity contribution in [2.75, 3.05) is 27.4 Å². The van der Waals surface area contributed by atoms with Gasteiger partial charge in [0.2, 0.25) is 0 Å². The maximum absolute atomic E-state index is 10.9. The van der Waals surface area contributed by atoms with E-state index >= 15 is 0 Å². The third-order valence-electron chi connectivity index (χ3n) is 1.52. The summed E-state index contributed by atoms with van der Waals surface area (Å²) in [6.45, 7) is 0.152. The minimum atomic E-state index is -0.570. The number of carbonyl (C=O) groups is 2. The van der Waals surface area contributed by atoms with Crippen molar-refractivity contribution in [3.05, 3.63) is 11.8 Å². The number of aliphatic hydroxyl groups excluding tert-OH is 1. The molecule has 0 aromatic rings. The van der Waals surface area contributed by atoms with Crippen LogP contribution in [0.2, 0.25) is 0 Å². The van der Waals surface area contributed by atoms with Gasteiger partial charge in [0.15, 0.2) is 0 Å². The van der Waals surface area contributed by atoms with Crippen molar-refractivity contribution >= 4 is 11.9 Å². The molecule has 0 heterocycles. The molecular weight excluding hydrogens is 202 g/mol. The van der Waals surface area contributed by atoms with Gasteiger partial charge in [-0.3, -0.25) is 4.79 Å². The highest BCUT2D eigenvalue weighted by Crippen LogP contribution is 1.99. The predicted octanol–water partition coefficient (Wildman–Crippen LogP) is -0.812. The Labute approximate surface area is 87.9 Å². The molecule has 2 N–H and O–H groups in total. The van der Waals surface area contributed by atoms with Crippen molar-refractivity contribution in [2.24, 2.45) is 0 Å². The molecule has 0 saturated carbocycles. The van der Waals surface area contributed by atoms with Crippen LogP contribution in [-0.2, 0) is 19.1 Å². The van der Waals surface area contributed by atoms with Crippen LogP contribution in [0.3, 0.4) is 0 Å². The average molecular weight is 217 g/mol. The molecule has 0 fully saturated rings. The van der Waals surface area contributed by atoms with Gasteiger partial charge in [0.25, 0.3) is 0 Å². The summed E-state index contributed by atoms with van der Waals surface area (Å²) < 4.78 is 8.85. The first-order valence-corrected chi connectivity index (χ1v) is 4.34. The molecule has 0 amide bonds. The molecule has 0 radical (unpaired) electrons. The number of hydrogen-bond donors (Lipinski definition) is 2. The van der Waals surface area contributed by atoms with Gasteiger partial charge in [-0.2, -0.15) is 0 Å². The van der Waals surface area contributed by atoms with Gasteiger partial charge < -0.3 is 19.9 Å². The minimum absolute atomic E-state index is 0.0639. The molecular formula is C9H15NO5. The van der Waals surface area contributed by atoms with E-state index < -0.39 is 11.9 Å². The van der Waals surface area contributed by atoms with Crippen LogP contribution in [-0.4, -0.2) is 44.4 Å². The monoisotopic (exact) mass is 217 g/mol. The van der Waals surface area contributed by atoms with Gasteiger partial charge in [0.1, 0.15) is 0 Å². The molecule has 0 aliphatic carbocycles. The Kier molecular flexibility index (Phi) is 7.00. The third kappa shape index (κ3) is 6.50. The molecule has 6 heteroatoms. The van der Waals surface area contributed by atoms with Crippen LogP contribution in [0, 0.1) is 0 Å². The molecule has 0 unspecified atom stereocenters. The summed E-state index contributed by atoms with van der Waals surface area (Å²) in [5.41, 5.74) is 0.350. The lowest BCUT2D eigenvalue weighted by atomic mass is 10.3. The summed E-state index contributed by atoms with van der Waals surface area (Å²) in [6, 6.07) is 0. The van der Waals surface area contributed by atoms with Gasteiger partial charge >= 0.3 is 11.9 Å². The summed E-state index contributed by atoms with van der Waals surface area (Å²) in [5, 5.41) is 11.3. The molecule has 15 heavy (non-hydrogen) atoms. The van der Waals surface area contributed by atoms with E-state index in [1.54, 1.807) is 0 Å². The zero-order valence-electron chi connectivity index (χ0n) is 8.78. The molecule has 0 rings (SSSR count). The molecule has 0 saturated heterocycles. The van der Waals surface area contributed by atoms with Gasteiger partial charge in [-0.15, -0.1) is 0 Å². The summed E-state index contributed by atoms with van der Waals surface area (Å²) in [4.78, 5) is 21.8. The molecule has 0 bridgehead atoms. The van der Waals surface area contributed by atoms with Crippen molar-refractivity contribution in [3.8, 4) is 0 Å². The highest BCUT2D eigenvalue weighted by molar-refractivity contribution is 5.84. The van der Waals surface area contributed by atoms with Crippen molar-refractivity contribution in [1.29, 1.82) is 0 Å². The van der Waals surface area contributed by atoms with E-state index in [9.17, 15) is 9.59 Å². The van der Waals surface area contributed by atoms with Crippen LogP contribution in [0.5, 0.6) is 0 Å². The SMILES string of the molecule is COC(=O)/C=C(/CC(=O)OC)NCCO. The Morgan fingerprint density at radius 2 is 2.00 bits per heavy atom. The molecule has 86 valence electrons. The smallest absolute Gasteiger partial charge is 0.332 e. The number of methoxy groups -OCH3 is 2. The number of nitrogens with one attached hydrogen (secondary N) is 1. The van der Waals surface area contributed by atoms with Gasteiger partial charge in [0, 0.05) is 18.3 Å². The number of ether oxygens (including phenoxy) is 2. The van der Waals surface area contributed by atoms with E-state index in [4.69, 9.17) is 5.11 Å². The molecule has 0 aliphatic rings. The Balaban J connectivity index is 4.35.